The topological polar surface area (TPSA) is 33.1 Å². The van der Waals surface area contributed by atoms with Gasteiger partial charge in [0.1, 0.15) is 0 Å². The number of benzene rings is 2. The molecule has 130 valence electrons. The summed E-state index contributed by atoms with van der Waals surface area (Å²) in [6, 6.07) is 13.9. The largest absolute Gasteiger partial charge is 0.341 e. The molecule has 1 aliphatic heterocycles. The summed E-state index contributed by atoms with van der Waals surface area (Å²) in [5.74, 6) is 0.987. The molecule has 0 radical (unpaired) electrons. The second-order valence-electron chi connectivity index (χ2n) is 6.28. The molecule has 1 aromatic heterocycles. The molecular weight excluding hydrogens is 355 g/mol. The predicted molar refractivity (Wildman–Crippen MR) is 105 cm³/mol. The van der Waals surface area contributed by atoms with Crippen LogP contribution >= 0.6 is 23.2 Å². The van der Waals surface area contributed by atoms with Gasteiger partial charge in [-0.3, -0.25) is 0 Å². The maximum Gasteiger partial charge on any atom is 0.206 e. The molecule has 1 fully saturated rings. The lowest BCUT2D eigenvalue weighted by atomic mass is 10.2. The molecule has 0 unspecified atom stereocenters. The van der Waals surface area contributed by atoms with Crippen LogP contribution in [0.25, 0.3) is 11.0 Å². The van der Waals surface area contributed by atoms with Crippen LogP contribution < -0.4 is 10.2 Å². The van der Waals surface area contributed by atoms with E-state index in [1.165, 1.54) is 0 Å². The summed E-state index contributed by atoms with van der Waals surface area (Å²) >= 11 is 12.8. The van der Waals surface area contributed by atoms with Crippen LogP contribution in [0.1, 0.15) is 12.0 Å². The highest BCUT2D eigenvalue weighted by molar-refractivity contribution is 6.36. The number of halogens is 2. The number of aromatic nitrogens is 2. The molecule has 6 heteroatoms. The first-order valence-corrected chi connectivity index (χ1v) is 9.33. The zero-order valence-corrected chi connectivity index (χ0v) is 15.4. The summed E-state index contributed by atoms with van der Waals surface area (Å²) in [6.45, 7) is 4.56. The number of rotatable bonds is 3. The van der Waals surface area contributed by atoms with Crippen LogP contribution in [0.3, 0.4) is 0 Å². The van der Waals surface area contributed by atoms with E-state index < -0.39 is 0 Å². The lowest BCUT2D eigenvalue weighted by molar-refractivity contribution is 0.722. The van der Waals surface area contributed by atoms with Crippen LogP contribution in [0, 0.1) is 0 Å². The van der Waals surface area contributed by atoms with E-state index in [0.29, 0.717) is 16.6 Å². The van der Waals surface area contributed by atoms with E-state index in [4.69, 9.17) is 28.2 Å². The van der Waals surface area contributed by atoms with E-state index in [-0.39, 0.29) is 0 Å². The maximum absolute atomic E-state index is 6.42. The summed E-state index contributed by atoms with van der Waals surface area (Å²) in [5, 5.41) is 4.82. The third-order valence-corrected chi connectivity index (χ3v) is 5.34. The van der Waals surface area contributed by atoms with Crippen LogP contribution in [0.4, 0.5) is 5.95 Å². The molecular formula is C19H20Cl2N4. The number of fused-ring (bicyclic) bond motifs is 1. The van der Waals surface area contributed by atoms with Gasteiger partial charge >= 0.3 is 0 Å². The Morgan fingerprint density at radius 3 is 2.60 bits per heavy atom. The standard InChI is InChI=1S/C19H20Cl2N4/c20-15-5-3-6-16(21)14(15)13-25-18-8-2-1-7-17(18)23-19(25)24-11-4-9-22-10-12-24/h1-3,5-8,22H,4,9-13H2. The second-order valence-corrected chi connectivity index (χ2v) is 7.09. The lowest BCUT2D eigenvalue weighted by Crippen LogP contribution is -2.30. The fourth-order valence-electron chi connectivity index (χ4n) is 3.35. The Hall–Kier alpha value is -1.75. The minimum atomic E-state index is 0.609. The molecule has 25 heavy (non-hydrogen) atoms. The smallest absolute Gasteiger partial charge is 0.206 e. The zero-order valence-electron chi connectivity index (χ0n) is 13.9. The number of anilines is 1. The molecule has 0 amide bonds. The van der Waals surface area contributed by atoms with Crippen molar-refractivity contribution in [3.8, 4) is 0 Å². The minimum absolute atomic E-state index is 0.609. The Labute approximate surface area is 157 Å². The van der Waals surface area contributed by atoms with Crippen LogP contribution in [0.5, 0.6) is 0 Å². The molecule has 0 spiro atoms. The number of hydrogen-bond acceptors (Lipinski definition) is 3. The normalized spacial score (nSPS) is 15.5. The van der Waals surface area contributed by atoms with Gasteiger partial charge in [-0.2, -0.15) is 0 Å². The van der Waals surface area contributed by atoms with E-state index in [1.54, 1.807) is 0 Å². The molecule has 1 saturated heterocycles. The summed E-state index contributed by atoms with van der Waals surface area (Å²) in [5.41, 5.74) is 3.03. The van der Waals surface area contributed by atoms with E-state index in [1.807, 2.05) is 30.3 Å². The molecule has 2 heterocycles. The van der Waals surface area contributed by atoms with Gasteiger partial charge in [0, 0.05) is 35.2 Å². The van der Waals surface area contributed by atoms with Crippen LogP contribution in [-0.4, -0.2) is 35.7 Å². The average molecular weight is 375 g/mol. The molecule has 4 nitrogen and oxygen atoms in total. The molecule has 4 rings (SSSR count). The third-order valence-electron chi connectivity index (χ3n) is 4.64. The SMILES string of the molecule is Clc1cccc(Cl)c1Cn1c(N2CCCNCC2)nc2ccccc21. The zero-order chi connectivity index (χ0) is 17.2. The summed E-state index contributed by atoms with van der Waals surface area (Å²) < 4.78 is 2.23. The number of para-hydroxylation sites is 2. The van der Waals surface area contributed by atoms with Crippen molar-refractivity contribution in [2.75, 3.05) is 31.1 Å². The van der Waals surface area contributed by atoms with Gasteiger partial charge in [0.2, 0.25) is 5.95 Å². The Balaban J connectivity index is 1.82. The van der Waals surface area contributed by atoms with Gasteiger partial charge in [-0.15, -0.1) is 0 Å². The van der Waals surface area contributed by atoms with E-state index in [0.717, 1.165) is 55.1 Å². The van der Waals surface area contributed by atoms with E-state index >= 15 is 0 Å². The highest BCUT2D eigenvalue weighted by atomic mass is 35.5. The summed E-state index contributed by atoms with van der Waals surface area (Å²) in [6.07, 6.45) is 1.11. The number of hydrogen-bond donors (Lipinski definition) is 1. The highest BCUT2D eigenvalue weighted by Crippen LogP contribution is 2.30. The van der Waals surface area contributed by atoms with Gasteiger partial charge < -0.3 is 14.8 Å². The predicted octanol–water partition coefficient (Wildman–Crippen LogP) is 4.19. The van der Waals surface area contributed by atoms with E-state index in [2.05, 4.69) is 26.9 Å². The monoisotopic (exact) mass is 374 g/mol. The molecule has 2 aromatic carbocycles. The Morgan fingerprint density at radius 1 is 0.960 bits per heavy atom. The fraction of sp³-hybridized carbons (Fsp3) is 0.316. The molecule has 0 saturated carbocycles. The number of nitrogens with zero attached hydrogens (tertiary/aromatic N) is 3. The van der Waals surface area contributed by atoms with Gasteiger partial charge in [0.05, 0.1) is 17.6 Å². The average Bonchev–Trinajstić information content (AvgIpc) is 2.79. The maximum atomic E-state index is 6.42. The molecule has 0 bridgehead atoms. The van der Waals surface area contributed by atoms with Crippen LogP contribution in [-0.2, 0) is 6.54 Å². The van der Waals surface area contributed by atoms with Crippen molar-refractivity contribution in [3.63, 3.8) is 0 Å². The van der Waals surface area contributed by atoms with Gasteiger partial charge in [0.25, 0.3) is 0 Å². The Bertz CT molecular complexity index is 862. The second kappa shape index (κ2) is 7.24. The molecule has 1 aliphatic rings. The van der Waals surface area contributed by atoms with Crippen molar-refractivity contribution in [2.24, 2.45) is 0 Å². The fourth-order valence-corrected chi connectivity index (χ4v) is 3.86. The van der Waals surface area contributed by atoms with Crippen molar-refractivity contribution in [1.29, 1.82) is 0 Å². The van der Waals surface area contributed by atoms with Gasteiger partial charge in [0.15, 0.2) is 0 Å². The lowest BCUT2D eigenvalue weighted by Gasteiger charge is -2.23. The molecule has 3 aromatic rings. The van der Waals surface area contributed by atoms with Crippen LogP contribution in [0.2, 0.25) is 10.0 Å². The van der Waals surface area contributed by atoms with Gasteiger partial charge in [-0.05, 0) is 37.2 Å². The summed E-state index contributed by atoms with van der Waals surface area (Å²) in [4.78, 5) is 7.26. The van der Waals surface area contributed by atoms with Gasteiger partial charge in [-0.1, -0.05) is 41.4 Å². The Kier molecular flexibility index (Phi) is 4.84. The van der Waals surface area contributed by atoms with Crippen molar-refractivity contribution in [1.82, 2.24) is 14.9 Å². The van der Waals surface area contributed by atoms with Crippen molar-refractivity contribution >= 4 is 40.2 Å². The van der Waals surface area contributed by atoms with Crippen LogP contribution in [0.15, 0.2) is 42.5 Å². The number of imidazole rings is 1. The first kappa shape index (κ1) is 16.7. The number of nitrogens with one attached hydrogen (secondary N) is 1. The third kappa shape index (κ3) is 3.34. The first-order valence-electron chi connectivity index (χ1n) is 8.58. The molecule has 1 N–H and O–H groups in total. The molecule has 0 aliphatic carbocycles. The Morgan fingerprint density at radius 2 is 1.76 bits per heavy atom. The summed E-state index contributed by atoms with van der Waals surface area (Å²) in [7, 11) is 0. The quantitative estimate of drug-likeness (QED) is 0.745. The molecule has 0 atom stereocenters. The van der Waals surface area contributed by atoms with Crippen molar-refractivity contribution < 1.29 is 0 Å². The minimum Gasteiger partial charge on any atom is -0.341 e. The first-order chi connectivity index (χ1) is 12.2. The van der Waals surface area contributed by atoms with Gasteiger partial charge in [-0.25, -0.2) is 4.98 Å². The van der Waals surface area contributed by atoms with Crippen molar-refractivity contribution in [3.05, 3.63) is 58.1 Å². The van der Waals surface area contributed by atoms with Crippen molar-refractivity contribution in [2.45, 2.75) is 13.0 Å². The van der Waals surface area contributed by atoms with E-state index in [9.17, 15) is 0 Å². The highest BCUT2D eigenvalue weighted by Gasteiger charge is 2.19.